The molecular formula is C46H31N5. The van der Waals surface area contributed by atoms with Gasteiger partial charge in [0.15, 0.2) is 0 Å². The molecule has 0 saturated carbocycles. The summed E-state index contributed by atoms with van der Waals surface area (Å²) in [5.41, 5.74) is 11.8. The maximum Gasteiger partial charge on any atom is 0.101 e. The van der Waals surface area contributed by atoms with E-state index in [0.29, 0.717) is 28.3 Å². The lowest BCUT2D eigenvalue weighted by molar-refractivity contribution is 0.745. The van der Waals surface area contributed by atoms with Crippen molar-refractivity contribution >= 4 is 34.4 Å². The average molecular weight is 654 g/mol. The van der Waals surface area contributed by atoms with Gasteiger partial charge < -0.3 is 9.47 Å². The Balaban J connectivity index is 1.33. The van der Waals surface area contributed by atoms with Gasteiger partial charge in [0.1, 0.15) is 6.07 Å². The predicted molar refractivity (Wildman–Crippen MR) is 206 cm³/mol. The highest BCUT2D eigenvalue weighted by molar-refractivity contribution is 5.99. The topological polar surface area (TPSA) is 79.5 Å². The van der Waals surface area contributed by atoms with Crippen LogP contribution in [0, 0.1) is 34.0 Å². The first-order valence-electron chi connectivity index (χ1n) is 16.9. The van der Waals surface area contributed by atoms with Gasteiger partial charge in [0, 0.05) is 33.8 Å². The van der Waals surface area contributed by atoms with Crippen LogP contribution in [0.2, 0.25) is 0 Å². The minimum absolute atomic E-state index is 0.207. The molecule has 5 aromatic carbocycles. The highest BCUT2D eigenvalue weighted by Gasteiger charge is 2.37. The van der Waals surface area contributed by atoms with Crippen molar-refractivity contribution in [1.82, 2.24) is 4.57 Å². The summed E-state index contributed by atoms with van der Waals surface area (Å²) in [5.74, 6) is 0.303. The summed E-state index contributed by atoms with van der Waals surface area (Å²) in [6.45, 7) is 6.06. The molecule has 240 valence electrons. The van der Waals surface area contributed by atoms with E-state index in [4.69, 9.17) is 0 Å². The molecule has 0 saturated heterocycles. The maximum atomic E-state index is 10.6. The number of anilines is 2. The van der Waals surface area contributed by atoms with Crippen molar-refractivity contribution in [3.63, 3.8) is 0 Å². The van der Waals surface area contributed by atoms with Gasteiger partial charge in [0.05, 0.1) is 51.8 Å². The summed E-state index contributed by atoms with van der Waals surface area (Å²) in [5, 5.41) is 31.3. The van der Waals surface area contributed by atoms with Crippen LogP contribution in [0.1, 0.15) is 46.4 Å². The van der Waals surface area contributed by atoms with Crippen molar-refractivity contribution in [3.8, 4) is 46.1 Å². The number of allylic oxidation sites excluding steroid dienone is 3. The van der Waals surface area contributed by atoms with Crippen LogP contribution in [0.3, 0.4) is 0 Å². The third-order valence-corrected chi connectivity index (χ3v) is 9.92. The Morgan fingerprint density at radius 2 is 1.47 bits per heavy atom. The number of rotatable bonds is 6. The summed E-state index contributed by atoms with van der Waals surface area (Å²) in [6.07, 6.45) is 14.6. The molecule has 0 radical (unpaired) electrons. The molecule has 0 N–H and O–H groups in total. The van der Waals surface area contributed by atoms with Gasteiger partial charge >= 0.3 is 0 Å². The van der Waals surface area contributed by atoms with Crippen LogP contribution in [0.25, 0.3) is 51.0 Å². The van der Waals surface area contributed by atoms with Gasteiger partial charge in [-0.25, -0.2) is 0 Å². The first kappa shape index (κ1) is 31.2. The lowest BCUT2D eigenvalue weighted by Crippen LogP contribution is -2.28. The van der Waals surface area contributed by atoms with Crippen LogP contribution in [0.5, 0.6) is 0 Å². The van der Waals surface area contributed by atoms with Gasteiger partial charge in [-0.2, -0.15) is 15.8 Å². The normalized spacial score (nSPS) is 15.7. The molecule has 0 bridgehead atoms. The summed E-state index contributed by atoms with van der Waals surface area (Å²) >= 11 is 0. The van der Waals surface area contributed by atoms with Gasteiger partial charge in [-0.15, -0.1) is 0 Å². The molecule has 0 amide bonds. The van der Waals surface area contributed by atoms with Crippen LogP contribution in [-0.2, 0) is 0 Å². The minimum Gasteiger partial charge on any atom is -0.333 e. The van der Waals surface area contributed by atoms with E-state index in [0.717, 1.165) is 50.1 Å². The van der Waals surface area contributed by atoms with Gasteiger partial charge in [0.2, 0.25) is 0 Å². The van der Waals surface area contributed by atoms with Crippen LogP contribution < -0.4 is 4.90 Å². The van der Waals surface area contributed by atoms with E-state index in [1.54, 1.807) is 18.2 Å². The van der Waals surface area contributed by atoms with Crippen molar-refractivity contribution < 1.29 is 0 Å². The van der Waals surface area contributed by atoms with E-state index in [-0.39, 0.29) is 6.04 Å². The Bertz CT molecular complexity index is 2610. The van der Waals surface area contributed by atoms with Crippen LogP contribution >= 0.6 is 0 Å². The number of nitrogens with zero attached hydrogens (tertiary/aromatic N) is 5. The Morgan fingerprint density at radius 1 is 0.725 bits per heavy atom. The first-order chi connectivity index (χ1) is 25.1. The third kappa shape index (κ3) is 4.98. The van der Waals surface area contributed by atoms with Crippen molar-refractivity contribution in [2.45, 2.75) is 18.9 Å². The van der Waals surface area contributed by atoms with Crippen LogP contribution in [-0.4, -0.2) is 10.6 Å². The second-order valence-electron chi connectivity index (χ2n) is 12.6. The fourth-order valence-electron chi connectivity index (χ4n) is 7.77. The highest BCUT2D eigenvalue weighted by Crippen LogP contribution is 2.48. The molecule has 2 atom stereocenters. The molecule has 5 heteroatoms. The van der Waals surface area contributed by atoms with Gasteiger partial charge in [-0.3, -0.25) is 0 Å². The largest absolute Gasteiger partial charge is 0.333 e. The third-order valence-electron chi connectivity index (χ3n) is 9.92. The first-order valence-corrected chi connectivity index (χ1v) is 16.9. The minimum atomic E-state index is 0.207. The average Bonchev–Trinajstić information content (AvgIpc) is 3.69. The zero-order valence-corrected chi connectivity index (χ0v) is 28.0. The zero-order chi connectivity index (χ0) is 35.1. The molecular weight excluding hydrogens is 623 g/mol. The van der Waals surface area contributed by atoms with E-state index in [9.17, 15) is 15.8 Å². The van der Waals surface area contributed by atoms with Gasteiger partial charge in [0.25, 0.3) is 0 Å². The SMILES string of the molecule is C=Cc1c(/C=C\C)n(-c2c(C#N)cc(C#N)cc2-c2ccccc2-c2ccc(N3c4ccccc4C4C=CC=CC43)cc2)c2ccc(C#N)cc12. The van der Waals surface area contributed by atoms with Gasteiger partial charge in [-0.05, 0) is 83.8 Å². The van der Waals surface area contributed by atoms with Crippen molar-refractivity contribution in [2.75, 3.05) is 4.90 Å². The molecule has 2 aliphatic rings. The number of hydrogen-bond donors (Lipinski definition) is 0. The monoisotopic (exact) mass is 653 g/mol. The van der Waals surface area contributed by atoms with Crippen molar-refractivity contribution in [2.24, 2.45) is 0 Å². The lowest BCUT2D eigenvalue weighted by Gasteiger charge is -2.29. The number of benzene rings is 5. The van der Waals surface area contributed by atoms with Crippen molar-refractivity contribution in [3.05, 3.63) is 174 Å². The molecule has 6 aromatic rings. The fourth-order valence-corrected chi connectivity index (χ4v) is 7.77. The molecule has 5 nitrogen and oxygen atoms in total. The molecule has 2 heterocycles. The van der Waals surface area contributed by atoms with E-state index >= 15 is 0 Å². The maximum absolute atomic E-state index is 10.6. The number of aromatic nitrogens is 1. The smallest absolute Gasteiger partial charge is 0.101 e. The lowest BCUT2D eigenvalue weighted by atomic mass is 9.90. The molecule has 1 aromatic heterocycles. The number of nitriles is 3. The molecule has 1 aliphatic heterocycles. The zero-order valence-electron chi connectivity index (χ0n) is 28.0. The molecule has 2 unspecified atom stereocenters. The van der Waals surface area contributed by atoms with E-state index in [1.165, 1.54) is 11.3 Å². The highest BCUT2D eigenvalue weighted by atomic mass is 15.2. The second kappa shape index (κ2) is 12.7. The summed E-state index contributed by atoms with van der Waals surface area (Å²) in [6, 6.07) is 41.7. The standard InChI is InChI=1S/C46H31N5/c1-3-11-42-35(4-2)40-25-30(27-47)18-23-45(40)51(42)46-33(29-49)24-31(28-48)26-41(46)37-13-6-5-12-36(37)32-19-21-34(22-20-32)50-43-16-9-7-14-38(43)39-15-8-10-17-44(39)50/h3-26,38,43H,2H2,1H3/b11-3-. The molecule has 51 heavy (non-hydrogen) atoms. The summed E-state index contributed by atoms with van der Waals surface area (Å²) in [7, 11) is 0. The Labute approximate surface area is 297 Å². The molecule has 0 fully saturated rings. The predicted octanol–water partition coefficient (Wildman–Crippen LogP) is 11.0. The van der Waals surface area contributed by atoms with E-state index in [2.05, 4.69) is 113 Å². The second-order valence-corrected chi connectivity index (χ2v) is 12.6. The van der Waals surface area contributed by atoms with Crippen LogP contribution in [0.15, 0.2) is 140 Å². The Hall–Kier alpha value is -7.13. The van der Waals surface area contributed by atoms with E-state index in [1.807, 2.05) is 55.5 Å². The molecule has 0 spiro atoms. The molecule has 1 aliphatic carbocycles. The quantitative estimate of drug-likeness (QED) is 0.179. The molecule has 8 rings (SSSR count). The summed E-state index contributed by atoms with van der Waals surface area (Å²) in [4.78, 5) is 2.41. The van der Waals surface area contributed by atoms with E-state index < -0.39 is 0 Å². The fraction of sp³-hybridized carbons (Fsp3) is 0.0652. The van der Waals surface area contributed by atoms with Crippen LogP contribution in [0.4, 0.5) is 11.4 Å². The number of hydrogen-bond acceptors (Lipinski definition) is 4. The number of fused-ring (bicyclic) bond motifs is 4. The van der Waals surface area contributed by atoms with Gasteiger partial charge in [-0.1, -0.05) is 97.6 Å². The Kier molecular flexibility index (Phi) is 7.77. The summed E-state index contributed by atoms with van der Waals surface area (Å²) < 4.78 is 2.07. The van der Waals surface area contributed by atoms with Crippen molar-refractivity contribution in [1.29, 1.82) is 15.8 Å². The Morgan fingerprint density at radius 3 is 2.22 bits per heavy atom. The number of para-hydroxylation sites is 1.